The molecule has 0 bridgehead atoms. The number of aryl methyl sites for hydroxylation is 3. The van der Waals surface area contributed by atoms with Crippen molar-refractivity contribution >= 4 is 33.3 Å². The molecule has 1 N–H and O–H groups in total. The number of rotatable bonds is 2. The van der Waals surface area contributed by atoms with Crippen molar-refractivity contribution in [1.82, 2.24) is 10.2 Å². The molecule has 0 aliphatic carbocycles. The molecule has 1 amide bonds. The second kappa shape index (κ2) is 5.34. The van der Waals surface area contributed by atoms with Gasteiger partial charge in [0.25, 0.3) is 5.91 Å². The van der Waals surface area contributed by atoms with Crippen molar-refractivity contribution < 1.29 is 9.21 Å². The highest BCUT2D eigenvalue weighted by atomic mass is 32.1. The van der Waals surface area contributed by atoms with Gasteiger partial charge >= 0.3 is 0 Å². The molecule has 0 aliphatic heterocycles. The number of carbonyl (C=O) groups excluding carboxylic acids is 1. The van der Waals surface area contributed by atoms with Gasteiger partial charge in [-0.15, -0.1) is 10.2 Å². The molecule has 1 aromatic carbocycles. The minimum absolute atomic E-state index is 0.0442. The van der Waals surface area contributed by atoms with Gasteiger partial charge < -0.3 is 4.42 Å². The molecule has 0 atom stereocenters. The zero-order valence-electron chi connectivity index (χ0n) is 12.3. The standard InChI is InChI=1S/C15H13N3O3S/c1-7-4-8(2)13-10(5-7)11(19)6-12(21-13)14(20)16-15-18-17-9(3)22-15/h4-6H,1-3H3,(H,16,18,20). The maximum atomic E-state index is 12.2. The van der Waals surface area contributed by atoms with Crippen molar-refractivity contribution in [2.45, 2.75) is 20.8 Å². The Morgan fingerprint density at radius 2 is 1.95 bits per heavy atom. The zero-order valence-corrected chi connectivity index (χ0v) is 13.1. The van der Waals surface area contributed by atoms with Crippen LogP contribution in [0.4, 0.5) is 5.13 Å². The van der Waals surface area contributed by atoms with Gasteiger partial charge in [0.1, 0.15) is 10.6 Å². The summed E-state index contributed by atoms with van der Waals surface area (Å²) in [6, 6.07) is 4.86. The van der Waals surface area contributed by atoms with Crippen molar-refractivity contribution in [3.05, 3.63) is 50.3 Å². The Hall–Kier alpha value is -2.54. The zero-order chi connectivity index (χ0) is 15.9. The number of nitrogens with zero attached hydrogens (tertiary/aromatic N) is 2. The summed E-state index contributed by atoms with van der Waals surface area (Å²) in [7, 11) is 0. The molecule has 0 radical (unpaired) electrons. The molecule has 0 saturated carbocycles. The van der Waals surface area contributed by atoms with Crippen LogP contribution in [0.1, 0.15) is 26.7 Å². The number of amides is 1. The van der Waals surface area contributed by atoms with Crippen LogP contribution in [0.5, 0.6) is 0 Å². The average molecular weight is 315 g/mol. The van der Waals surface area contributed by atoms with Gasteiger partial charge in [0.2, 0.25) is 5.13 Å². The number of carbonyl (C=O) groups is 1. The minimum atomic E-state index is -0.518. The first kappa shape index (κ1) is 14.4. The third kappa shape index (κ3) is 2.62. The minimum Gasteiger partial charge on any atom is -0.450 e. The van der Waals surface area contributed by atoms with Crippen LogP contribution in [-0.2, 0) is 0 Å². The third-order valence-corrected chi connectivity index (χ3v) is 3.88. The molecule has 3 rings (SSSR count). The van der Waals surface area contributed by atoms with Crippen LogP contribution in [0.2, 0.25) is 0 Å². The number of anilines is 1. The van der Waals surface area contributed by atoms with Gasteiger partial charge in [0.05, 0.1) is 5.39 Å². The van der Waals surface area contributed by atoms with Crippen molar-refractivity contribution in [3.8, 4) is 0 Å². The van der Waals surface area contributed by atoms with Crippen LogP contribution in [0.15, 0.2) is 27.4 Å². The summed E-state index contributed by atoms with van der Waals surface area (Å²) in [5.41, 5.74) is 1.97. The molecular formula is C15H13N3O3S. The molecule has 2 aromatic heterocycles. The number of nitrogens with one attached hydrogen (secondary N) is 1. The maximum absolute atomic E-state index is 12.2. The second-order valence-electron chi connectivity index (χ2n) is 5.01. The SMILES string of the molecule is Cc1cc(C)c2oc(C(=O)Nc3nnc(C)s3)cc(=O)c2c1. The van der Waals surface area contributed by atoms with Crippen molar-refractivity contribution in [3.63, 3.8) is 0 Å². The molecule has 3 aromatic rings. The van der Waals surface area contributed by atoms with Crippen molar-refractivity contribution in [1.29, 1.82) is 0 Å². The van der Waals surface area contributed by atoms with E-state index in [1.807, 2.05) is 19.9 Å². The van der Waals surface area contributed by atoms with Crippen molar-refractivity contribution in [2.75, 3.05) is 5.32 Å². The molecule has 6 nitrogen and oxygen atoms in total. The predicted octanol–water partition coefficient (Wildman–Crippen LogP) is 2.82. The summed E-state index contributed by atoms with van der Waals surface area (Å²) in [5, 5.41) is 11.8. The maximum Gasteiger partial charge on any atom is 0.293 e. The smallest absolute Gasteiger partial charge is 0.293 e. The summed E-state index contributed by atoms with van der Waals surface area (Å²) < 4.78 is 5.61. The number of benzene rings is 1. The van der Waals surface area contributed by atoms with Crippen LogP contribution < -0.4 is 10.7 Å². The molecule has 22 heavy (non-hydrogen) atoms. The van der Waals surface area contributed by atoms with E-state index >= 15 is 0 Å². The first-order valence-corrected chi connectivity index (χ1v) is 7.42. The first-order chi connectivity index (χ1) is 10.4. The fraction of sp³-hybridized carbons (Fsp3) is 0.200. The molecule has 2 heterocycles. The number of hydrogen-bond acceptors (Lipinski definition) is 6. The van der Waals surface area contributed by atoms with E-state index in [2.05, 4.69) is 15.5 Å². The Bertz CT molecular complexity index is 943. The van der Waals surface area contributed by atoms with Gasteiger partial charge in [-0.2, -0.15) is 0 Å². The van der Waals surface area contributed by atoms with Gasteiger partial charge in [0.15, 0.2) is 11.2 Å². The largest absolute Gasteiger partial charge is 0.450 e. The van der Waals surface area contributed by atoms with E-state index < -0.39 is 5.91 Å². The van der Waals surface area contributed by atoms with Gasteiger partial charge in [0, 0.05) is 6.07 Å². The van der Waals surface area contributed by atoms with E-state index in [9.17, 15) is 9.59 Å². The highest BCUT2D eigenvalue weighted by Crippen LogP contribution is 2.20. The molecule has 0 aliphatic rings. The van der Waals surface area contributed by atoms with Crippen LogP contribution >= 0.6 is 11.3 Å². The summed E-state index contributed by atoms with van der Waals surface area (Å²) in [6.07, 6.45) is 0. The number of aromatic nitrogens is 2. The Kier molecular flexibility index (Phi) is 3.50. The highest BCUT2D eigenvalue weighted by Gasteiger charge is 2.15. The quantitative estimate of drug-likeness (QED) is 0.786. The summed E-state index contributed by atoms with van der Waals surface area (Å²) in [4.78, 5) is 24.4. The van der Waals surface area contributed by atoms with Crippen LogP contribution in [0, 0.1) is 20.8 Å². The summed E-state index contributed by atoms with van der Waals surface area (Å²) in [6.45, 7) is 5.54. The lowest BCUT2D eigenvalue weighted by atomic mass is 10.1. The van der Waals surface area contributed by atoms with E-state index in [1.54, 1.807) is 13.0 Å². The van der Waals surface area contributed by atoms with Crippen molar-refractivity contribution in [2.24, 2.45) is 0 Å². The molecule has 0 fully saturated rings. The Morgan fingerprint density at radius 1 is 1.18 bits per heavy atom. The lowest BCUT2D eigenvalue weighted by Gasteiger charge is -2.05. The molecule has 0 unspecified atom stereocenters. The fourth-order valence-electron chi connectivity index (χ4n) is 2.23. The van der Waals surface area contributed by atoms with Crippen LogP contribution in [0.3, 0.4) is 0 Å². The predicted molar refractivity (Wildman–Crippen MR) is 84.6 cm³/mol. The Labute approximate surface area is 129 Å². The van der Waals surface area contributed by atoms with Gasteiger partial charge in [-0.1, -0.05) is 17.4 Å². The Balaban J connectivity index is 2.04. The summed E-state index contributed by atoms with van der Waals surface area (Å²) >= 11 is 1.25. The monoisotopic (exact) mass is 315 g/mol. The fourth-order valence-corrected chi connectivity index (χ4v) is 2.81. The van der Waals surface area contributed by atoms with E-state index in [0.29, 0.717) is 16.1 Å². The van der Waals surface area contributed by atoms with Crippen LogP contribution in [0.25, 0.3) is 11.0 Å². The van der Waals surface area contributed by atoms with E-state index in [-0.39, 0.29) is 11.2 Å². The van der Waals surface area contributed by atoms with Gasteiger partial charge in [-0.05, 0) is 38.0 Å². The second-order valence-corrected chi connectivity index (χ2v) is 6.20. The lowest BCUT2D eigenvalue weighted by molar-refractivity contribution is 0.0997. The van der Waals surface area contributed by atoms with E-state index in [1.165, 1.54) is 17.4 Å². The summed E-state index contributed by atoms with van der Waals surface area (Å²) in [5.74, 6) is -0.563. The average Bonchev–Trinajstić information content (AvgIpc) is 2.85. The molecule has 0 spiro atoms. The van der Waals surface area contributed by atoms with E-state index in [4.69, 9.17) is 4.42 Å². The third-order valence-electron chi connectivity index (χ3n) is 3.13. The van der Waals surface area contributed by atoms with Crippen LogP contribution in [-0.4, -0.2) is 16.1 Å². The number of fused-ring (bicyclic) bond motifs is 1. The normalized spacial score (nSPS) is 10.9. The molecule has 0 saturated heterocycles. The lowest BCUT2D eigenvalue weighted by Crippen LogP contribution is -2.15. The molecule has 112 valence electrons. The molecule has 7 heteroatoms. The van der Waals surface area contributed by atoms with Gasteiger partial charge in [-0.25, -0.2) is 0 Å². The highest BCUT2D eigenvalue weighted by molar-refractivity contribution is 7.15. The number of hydrogen-bond donors (Lipinski definition) is 1. The van der Waals surface area contributed by atoms with Gasteiger partial charge in [-0.3, -0.25) is 14.9 Å². The molecular weight excluding hydrogens is 302 g/mol. The Morgan fingerprint density at radius 3 is 2.64 bits per heavy atom. The van der Waals surface area contributed by atoms with E-state index in [0.717, 1.165) is 16.1 Å². The topological polar surface area (TPSA) is 85.1 Å². The first-order valence-electron chi connectivity index (χ1n) is 6.60.